The smallest absolute Gasteiger partial charge is 0.267 e. The van der Waals surface area contributed by atoms with Crippen molar-refractivity contribution in [2.75, 3.05) is 23.7 Å². The van der Waals surface area contributed by atoms with Crippen molar-refractivity contribution < 1.29 is 10.0 Å². The first kappa shape index (κ1) is 18.8. The van der Waals surface area contributed by atoms with Crippen molar-refractivity contribution >= 4 is 46.1 Å². The highest BCUT2D eigenvalue weighted by molar-refractivity contribution is 8.00. The van der Waals surface area contributed by atoms with Gasteiger partial charge in [0.2, 0.25) is 0 Å². The molecule has 0 aliphatic heterocycles. The SMILES string of the molecule is CN(C)c1cccc2c(SNc3ccc(/C=C/C(=O)NO)cc3)cccc12. The summed E-state index contributed by atoms with van der Waals surface area (Å²) in [7, 11) is 4.10. The number of rotatable bonds is 6. The molecule has 1 amide bonds. The monoisotopic (exact) mass is 379 g/mol. The Kier molecular flexibility index (Phi) is 6.01. The molecule has 0 atom stereocenters. The second kappa shape index (κ2) is 8.62. The molecule has 3 rings (SSSR count). The van der Waals surface area contributed by atoms with Gasteiger partial charge in [0.25, 0.3) is 5.91 Å². The zero-order chi connectivity index (χ0) is 19.2. The Balaban J connectivity index is 1.74. The number of nitrogens with one attached hydrogen (secondary N) is 2. The quantitative estimate of drug-likeness (QED) is 0.254. The van der Waals surface area contributed by atoms with E-state index in [0.717, 1.165) is 16.1 Å². The zero-order valence-electron chi connectivity index (χ0n) is 15.1. The van der Waals surface area contributed by atoms with Crippen LogP contribution in [0.1, 0.15) is 5.56 Å². The fraction of sp³-hybridized carbons (Fsp3) is 0.0952. The zero-order valence-corrected chi connectivity index (χ0v) is 16.0. The van der Waals surface area contributed by atoms with Gasteiger partial charge in [0.05, 0.1) is 0 Å². The molecule has 0 bridgehead atoms. The Hall–Kier alpha value is -2.96. The second-order valence-electron chi connectivity index (χ2n) is 6.16. The number of hydrogen-bond acceptors (Lipinski definition) is 5. The molecule has 0 heterocycles. The molecule has 0 aliphatic carbocycles. The van der Waals surface area contributed by atoms with Gasteiger partial charge in [-0.05, 0) is 53.2 Å². The third-order valence-electron chi connectivity index (χ3n) is 4.07. The highest BCUT2D eigenvalue weighted by Gasteiger charge is 2.07. The first-order valence-corrected chi connectivity index (χ1v) is 9.24. The van der Waals surface area contributed by atoms with E-state index in [2.05, 4.69) is 46.0 Å². The number of carbonyl (C=O) groups excluding carboxylic acids is 1. The van der Waals surface area contributed by atoms with E-state index in [9.17, 15) is 4.79 Å². The molecule has 0 spiro atoms. The predicted octanol–water partition coefficient (Wildman–Crippen LogP) is 4.54. The summed E-state index contributed by atoms with van der Waals surface area (Å²) in [6.07, 6.45) is 2.91. The molecule has 3 aromatic rings. The number of nitrogens with zero attached hydrogens (tertiary/aromatic N) is 1. The van der Waals surface area contributed by atoms with Gasteiger partial charge in [0.15, 0.2) is 0 Å². The molecule has 3 N–H and O–H groups in total. The van der Waals surface area contributed by atoms with Gasteiger partial charge in [-0.1, -0.05) is 36.4 Å². The van der Waals surface area contributed by atoms with Gasteiger partial charge in [-0.25, -0.2) is 5.48 Å². The molecular formula is C21H21N3O2S. The van der Waals surface area contributed by atoms with E-state index in [1.54, 1.807) is 23.5 Å². The van der Waals surface area contributed by atoms with Crippen molar-refractivity contribution in [3.05, 3.63) is 72.3 Å². The average Bonchev–Trinajstić information content (AvgIpc) is 2.70. The lowest BCUT2D eigenvalue weighted by Gasteiger charge is -2.16. The van der Waals surface area contributed by atoms with E-state index in [1.807, 2.05) is 38.4 Å². The maximum absolute atomic E-state index is 11.0. The maximum Gasteiger partial charge on any atom is 0.267 e. The summed E-state index contributed by atoms with van der Waals surface area (Å²) in [4.78, 5) is 14.3. The van der Waals surface area contributed by atoms with Crippen LogP contribution in [-0.4, -0.2) is 25.2 Å². The van der Waals surface area contributed by atoms with Crippen LogP contribution in [0.4, 0.5) is 11.4 Å². The van der Waals surface area contributed by atoms with Crippen LogP contribution < -0.4 is 15.1 Å². The lowest BCUT2D eigenvalue weighted by molar-refractivity contribution is -0.124. The summed E-state index contributed by atoms with van der Waals surface area (Å²) < 4.78 is 3.36. The number of fused-ring (bicyclic) bond motifs is 1. The van der Waals surface area contributed by atoms with Crippen LogP contribution in [0, 0.1) is 0 Å². The third kappa shape index (κ3) is 4.61. The molecule has 138 valence electrons. The van der Waals surface area contributed by atoms with Crippen LogP contribution in [0.2, 0.25) is 0 Å². The third-order valence-corrected chi connectivity index (χ3v) is 4.98. The number of benzene rings is 3. The van der Waals surface area contributed by atoms with Gasteiger partial charge in [0.1, 0.15) is 0 Å². The van der Waals surface area contributed by atoms with E-state index < -0.39 is 5.91 Å². The van der Waals surface area contributed by atoms with Crippen LogP contribution in [0.15, 0.2) is 71.6 Å². The van der Waals surface area contributed by atoms with Crippen LogP contribution >= 0.6 is 11.9 Å². The molecule has 6 heteroatoms. The van der Waals surface area contributed by atoms with Gasteiger partial charge < -0.3 is 9.62 Å². The Morgan fingerprint density at radius 3 is 2.41 bits per heavy atom. The molecule has 0 aliphatic rings. The molecule has 0 radical (unpaired) electrons. The normalized spacial score (nSPS) is 10.9. The number of hydroxylamine groups is 1. The van der Waals surface area contributed by atoms with Crippen LogP contribution in [-0.2, 0) is 4.79 Å². The Bertz CT molecular complexity index is 969. The van der Waals surface area contributed by atoms with E-state index in [-0.39, 0.29) is 0 Å². The lowest BCUT2D eigenvalue weighted by atomic mass is 10.1. The molecule has 3 aromatic carbocycles. The topological polar surface area (TPSA) is 64.6 Å². The van der Waals surface area contributed by atoms with Gasteiger partial charge in [-0.3, -0.25) is 10.0 Å². The minimum absolute atomic E-state index is 0.555. The fourth-order valence-electron chi connectivity index (χ4n) is 2.73. The van der Waals surface area contributed by atoms with Crippen molar-refractivity contribution in [1.82, 2.24) is 5.48 Å². The molecule has 0 unspecified atom stereocenters. The van der Waals surface area contributed by atoms with Crippen molar-refractivity contribution in [3.8, 4) is 0 Å². The highest BCUT2D eigenvalue weighted by Crippen LogP contribution is 2.33. The summed E-state index contributed by atoms with van der Waals surface area (Å²) in [6, 6.07) is 20.3. The van der Waals surface area contributed by atoms with Gasteiger partial charge >= 0.3 is 0 Å². The molecule has 0 saturated carbocycles. The molecule has 0 fully saturated rings. The summed E-state index contributed by atoms with van der Waals surface area (Å²) in [5.41, 5.74) is 4.59. The summed E-state index contributed by atoms with van der Waals surface area (Å²) in [5.74, 6) is -0.555. The van der Waals surface area contributed by atoms with E-state index >= 15 is 0 Å². The highest BCUT2D eigenvalue weighted by atomic mass is 32.2. The average molecular weight is 379 g/mol. The van der Waals surface area contributed by atoms with Crippen LogP contribution in [0.5, 0.6) is 0 Å². The fourth-order valence-corrected chi connectivity index (χ4v) is 3.53. The summed E-state index contributed by atoms with van der Waals surface area (Å²) in [5, 5.41) is 10.9. The van der Waals surface area contributed by atoms with Crippen molar-refractivity contribution in [1.29, 1.82) is 0 Å². The minimum Gasteiger partial charge on any atom is -0.377 e. The van der Waals surface area contributed by atoms with Crippen molar-refractivity contribution in [3.63, 3.8) is 0 Å². The van der Waals surface area contributed by atoms with Gasteiger partial charge in [-0.15, -0.1) is 0 Å². The predicted molar refractivity (Wildman–Crippen MR) is 113 cm³/mol. The number of amides is 1. The first-order chi connectivity index (χ1) is 13.1. The van der Waals surface area contributed by atoms with Crippen molar-refractivity contribution in [2.24, 2.45) is 0 Å². The Morgan fingerprint density at radius 1 is 1.00 bits per heavy atom. The van der Waals surface area contributed by atoms with Crippen LogP contribution in [0.25, 0.3) is 16.8 Å². The molecular weight excluding hydrogens is 358 g/mol. The van der Waals surface area contributed by atoms with Gasteiger partial charge in [0, 0.05) is 41.8 Å². The molecule has 0 aromatic heterocycles. The van der Waals surface area contributed by atoms with Gasteiger partial charge in [-0.2, -0.15) is 0 Å². The molecule has 5 nitrogen and oxygen atoms in total. The van der Waals surface area contributed by atoms with E-state index in [1.165, 1.54) is 22.5 Å². The summed E-state index contributed by atoms with van der Waals surface area (Å²) >= 11 is 1.57. The summed E-state index contributed by atoms with van der Waals surface area (Å²) in [6.45, 7) is 0. The minimum atomic E-state index is -0.555. The largest absolute Gasteiger partial charge is 0.377 e. The number of carbonyl (C=O) groups is 1. The van der Waals surface area contributed by atoms with Crippen LogP contribution in [0.3, 0.4) is 0 Å². The number of anilines is 2. The molecule has 27 heavy (non-hydrogen) atoms. The lowest BCUT2D eigenvalue weighted by Crippen LogP contribution is -2.14. The number of hydrogen-bond donors (Lipinski definition) is 3. The van der Waals surface area contributed by atoms with E-state index in [4.69, 9.17) is 5.21 Å². The Morgan fingerprint density at radius 2 is 1.70 bits per heavy atom. The van der Waals surface area contributed by atoms with Crippen molar-refractivity contribution in [2.45, 2.75) is 4.90 Å². The first-order valence-electron chi connectivity index (χ1n) is 8.42. The van der Waals surface area contributed by atoms with E-state index in [0.29, 0.717) is 0 Å². The molecule has 0 saturated heterocycles. The second-order valence-corrected chi connectivity index (χ2v) is 7.01. The Labute approximate surface area is 162 Å². The maximum atomic E-state index is 11.0. The standard InChI is InChI=1S/C21H21N3O2S/c1-24(2)19-7-3-6-18-17(19)5-4-8-20(18)27-23-16-12-9-15(10-13-16)11-14-21(25)22-26/h3-14,23,26H,1-2H3,(H,22,25)/b14-11+.